The highest BCUT2D eigenvalue weighted by atomic mass is 16.7. The van der Waals surface area contributed by atoms with Crippen molar-refractivity contribution in [2.24, 2.45) is 0 Å². The summed E-state index contributed by atoms with van der Waals surface area (Å²) < 4.78 is 26.9. The first-order chi connectivity index (χ1) is 12.8. The topological polar surface area (TPSA) is 63.2 Å². The van der Waals surface area contributed by atoms with Gasteiger partial charge in [0.1, 0.15) is 24.9 Å². The quantitative estimate of drug-likeness (QED) is 0.329. The van der Waals surface area contributed by atoms with Crippen LogP contribution in [0.25, 0.3) is 0 Å². The lowest BCUT2D eigenvalue weighted by Crippen LogP contribution is -2.14. The van der Waals surface area contributed by atoms with Crippen molar-refractivity contribution in [1.82, 2.24) is 0 Å². The lowest BCUT2D eigenvalue weighted by molar-refractivity contribution is -0.0583. The second-order valence-electron chi connectivity index (χ2n) is 5.44. The number of hydrogen-bond donors (Lipinski definition) is 0. The largest absolute Gasteiger partial charge is 0.467 e. The van der Waals surface area contributed by atoms with E-state index in [1.807, 2.05) is 30.3 Å². The Balaban J connectivity index is 2.29. The molecule has 1 unspecified atom stereocenters. The van der Waals surface area contributed by atoms with Gasteiger partial charge in [0.25, 0.3) is 0 Å². The Labute approximate surface area is 153 Å². The Kier molecular flexibility index (Phi) is 8.78. The first kappa shape index (κ1) is 20.1. The maximum absolute atomic E-state index is 11.2. The van der Waals surface area contributed by atoms with Gasteiger partial charge in [0.05, 0.1) is 13.2 Å². The molecule has 0 aliphatic heterocycles. The molecule has 0 spiro atoms. The van der Waals surface area contributed by atoms with Crippen LogP contribution in [0.4, 0.5) is 0 Å². The molecule has 0 bridgehead atoms. The fraction of sp³-hybridized carbons (Fsp3) is 0.350. The highest BCUT2D eigenvalue weighted by Gasteiger charge is 2.20. The Hall–Kier alpha value is -2.25. The number of rotatable bonds is 12. The van der Waals surface area contributed by atoms with E-state index in [9.17, 15) is 4.79 Å². The molecule has 0 radical (unpaired) electrons. The molecule has 6 heteroatoms. The molecule has 140 valence electrons. The minimum absolute atomic E-state index is 0.103. The number of aldehydes is 1. The van der Waals surface area contributed by atoms with E-state index in [4.69, 9.17) is 23.7 Å². The van der Waals surface area contributed by atoms with E-state index in [0.29, 0.717) is 24.5 Å². The van der Waals surface area contributed by atoms with Crippen LogP contribution in [0, 0.1) is 0 Å². The second kappa shape index (κ2) is 11.4. The molecule has 2 aromatic carbocycles. The van der Waals surface area contributed by atoms with Gasteiger partial charge in [-0.3, -0.25) is 4.79 Å². The first-order valence-corrected chi connectivity index (χ1v) is 8.24. The molecule has 0 saturated carbocycles. The summed E-state index contributed by atoms with van der Waals surface area (Å²) in [6, 6.07) is 15.0. The van der Waals surface area contributed by atoms with Crippen LogP contribution in [-0.4, -0.2) is 47.3 Å². The third-order valence-electron chi connectivity index (χ3n) is 3.60. The van der Waals surface area contributed by atoms with Crippen LogP contribution >= 0.6 is 0 Å². The highest BCUT2D eigenvalue weighted by molar-refractivity contribution is 5.75. The van der Waals surface area contributed by atoms with Crippen molar-refractivity contribution in [3.05, 3.63) is 65.2 Å². The summed E-state index contributed by atoms with van der Waals surface area (Å²) in [6.07, 6.45) is 0.391. The van der Waals surface area contributed by atoms with Gasteiger partial charge in [0.2, 0.25) is 0 Å². The molecule has 0 aliphatic rings. The summed E-state index contributed by atoms with van der Waals surface area (Å²) in [4.78, 5) is 11.2. The summed E-state index contributed by atoms with van der Waals surface area (Å²) in [5.41, 5.74) is 2.25. The van der Waals surface area contributed by atoms with Gasteiger partial charge < -0.3 is 23.7 Å². The fourth-order valence-corrected chi connectivity index (χ4v) is 2.46. The number of carbonyl (C=O) groups is 1. The molecule has 0 saturated heterocycles. The highest BCUT2D eigenvalue weighted by Crippen LogP contribution is 2.33. The van der Waals surface area contributed by atoms with Crippen molar-refractivity contribution in [1.29, 1.82) is 0 Å². The van der Waals surface area contributed by atoms with Crippen LogP contribution in [0.1, 0.15) is 27.6 Å². The molecule has 0 amide bonds. The maximum atomic E-state index is 11.2. The second-order valence-corrected chi connectivity index (χ2v) is 5.44. The van der Waals surface area contributed by atoms with E-state index in [0.717, 1.165) is 17.4 Å². The number of carbonyl (C=O) groups excluding carboxylic acids is 1. The number of methoxy groups -OCH3 is 2. The first-order valence-electron chi connectivity index (χ1n) is 8.24. The molecule has 0 heterocycles. The molecular formula is C20H24O6. The Morgan fingerprint density at radius 3 is 2.42 bits per heavy atom. The zero-order valence-electron chi connectivity index (χ0n) is 15.1. The van der Waals surface area contributed by atoms with Crippen LogP contribution in [-0.2, 0) is 18.9 Å². The molecule has 2 aromatic rings. The van der Waals surface area contributed by atoms with E-state index in [2.05, 4.69) is 0 Å². The molecule has 26 heavy (non-hydrogen) atoms. The molecule has 0 aliphatic carbocycles. The molecule has 0 fully saturated rings. The van der Waals surface area contributed by atoms with Crippen molar-refractivity contribution in [2.75, 3.05) is 41.0 Å². The molecular weight excluding hydrogens is 336 g/mol. The predicted octanol–water partition coefficient (Wildman–Crippen LogP) is 3.21. The normalized spacial score (nSPS) is 11.9. The predicted molar refractivity (Wildman–Crippen MR) is 96.4 cm³/mol. The number of hydrogen-bond acceptors (Lipinski definition) is 6. The van der Waals surface area contributed by atoms with Gasteiger partial charge in [-0.15, -0.1) is 0 Å². The lowest BCUT2D eigenvalue weighted by Gasteiger charge is -2.22. The van der Waals surface area contributed by atoms with Gasteiger partial charge in [0.15, 0.2) is 6.79 Å². The van der Waals surface area contributed by atoms with Crippen molar-refractivity contribution in [2.45, 2.75) is 6.10 Å². The van der Waals surface area contributed by atoms with Gasteiger partial charge in [-0.25, -0.2) is 0 Å². The monoisotopic (exact) mass is 360 g/mol. The van der Waals surface area contributed by atoms with Crippen molar-refractivity contribution in [3.8, 4) is 5.75 Å². The van der Waals surface area contributed by atoms with Crippen LogP contribution in [0.15, 0.2) is 48.5 Å². The zero-order chi connectivity index (χ0) is 18.6. The van der Waals surface area contributed by atoms with Crippen LogP contribution in [0.3, 0.4) is 0 Å². The van der Waals surface area contributed by atoms with Gasteiger partial charge >= 0.3 is 0 Å². The third kappa shape index (κ3) is 5.93. The average Bonchev–Trinajstić information content (AvgIpc) is 2.70. The summed E-state index contributed by atoms with van der Waals surface area (Å²) in [5.74, 6) is 0.601. The Bertz CT molecular complexity index is 659. The molecule has 0 aromatic heterocycles. The van der Waals surface area contributed by atoms with Crippen molar-refractivity contribution >= 4 is 6.29 Å². The SMILES string of the molecule is COCOCCOC(c1ccccc1)c1cc(C=O)ccc1OCOC. The van der Waals surface area contributed by atoms with Gasteiger partial charge in [-0.1, -0.05) is 30.3 Å². The van der Waals surface area contributed by atoms with E-state index in [-0.39, 0.29) is 13.6 Å². The number of benzene rings is 2. The van der Waals surface area contributed by atoms with Gasteiger partial charge in [-0.05, 0) is 23.8 Å². The smallest absolute Gasteiger partial charge is 0.188 e. The molecule has 0 N–H and O–H groups in total. The fourth-order valence-electron chi connectivity index (χ4n) is 2.46. The van der Waals surface area contributed by atoms with E-state index < -0.39 is 6.10 Å². The van der Waals surface area contributed by atoms with E-state index in [1.54, 1.807) is 32.4 Å². The minimum Gasteiger partial charge on any atom is -0.467 e. The maximum Gasteiger partial charge on any atom is 0.188 e. The summed E-state index contributed by atoms with van der Waals surface area (Å²) in [7, 11) is 3.12. The average molecular weight is 360 g/mol. The van der Waals surface area contributed by atoms with Crippen LogP contribution in [0.2, 0.25) is 0 Å². The van der Waals surface area contributed by atoms with Crippen molar-refractivity contribution in [3.63, 3.8) is 0 Å². The summed E-state index contributed by atoms with van der Waals surface area (Å²) >= 11 is 0. The van der Waals surface area contributed by atoms with Crippen LogP contribution in [0.5, 0.6) is 5.75 Å². The number of ether oxygens (including phenoxy) is 5. The van der Waals surface area contributed by atoms with E-state index in [1.165, 1.54) is 0 Å². The van der Waals surface area contributed by atoms with Gasteiger partial charge in [0, 0.05) is 25.3 Å². The lowest BCUT2D eigenvalue weighted by atomic mass is 9.98. The molecule has 2 rings (SSSR count). The zero-order valence-corrected chi connectivity index (χ0v) is 15.1. The van der Waals surface area contributed by atoms with Gasteiger partial charge in [-0.2, -0.15) is 0 Å². The Morgan fingerprint density at radius 2 is 1.73 bits per heavy atom. The third-order valence-corrected chi connectivity index (χ3v) is 3.60. The standard InChI is InChI=1S/C20H24O6/c1-22-14-24-10-11-25-20(17-6-4-3-5-7-17)18-12-16(13-21)8-9-19(18)26-15-23-2/h3-9,12-13,20H,10-11,14-15H2,1-2H3. The van der Waals surface area contributed by atoms with Crippen LogP contribution < -0.4 is 4.74 Å². The van der Waals surface area contributed by atoms with Crippen molar-refractivity contribution < 1.29 is 28.5 Å². The van der Waals surface area contributed by atoms with E-state index >= 15 is 0 Å². The molecule has 6 nitrogen and oxygen atoms in total. The summed E-state index contributed by atoms with van der Waals surface area (Å²) in [5, 5.41) is 0. The summed E-state index contributed by atoms with van der Waals surface area (Å²) in [6.45, 7) is 1.06. The minimum atomic E-state index is -0.408. The Morgan fingerprint density at radius 1 is 0.962 bits per heavy atom. The molecule has 1 atom stereocenters.